The zero-order valence-electron chi connectivity index (χ0n) is 16.5. The van der Waals surface area contributed by atoms with Crippen LogP contribution in [-0.4, -0.2) is 53.7 Å². The molecule has 1 saturated heterocycles. The van der Waals surface area contributed by atoms with Crippen molar-refractivity contribution in [3.05, 3.63) is 65.2 Å². The number of hydrogen-bond acceptors (Lipinski definition) is 6. The van der Waals surface area contributed by atoms with Gasteiger partial charge in [-0.2, -0.15) is 0 Å². The maximum atomic E-state index is 12.7. The van der Waals surface area contributed by atoms with Gasteiger partial charge in [0.1, 0.15) is 0 Å². The summed E-state index contributed by atoms with van der Waals surface area (Å²) in [6.07, 6.45) is 1.30. The van der Waals surface area contributed by atoms with Gasteiger partial charge in [0, 0.05) is 24.0 Å². The molecule has 0 unspecified atom stereocenters. The van der Waals surface area contributed by atoms with Gasteiger partial charge in [0.2, 0.25) is 5.91 Å². The van der Waals surface area contributed by atoms with Crippen LogP contribution in [0.4, 0.5) is 5.69 Å². The minimum absolute atomic E-state index is 0.0315. The first-order valence-corrected chi connectivity index (χ1v) is 12.8. The highest BCUT2D eigenvalue weighted by atomic mass is 32.2. The lowest BCUT2D eigenvalue weighted by Crippen LogP contribution is -2.36. The SMILES string of the molecule is O=C(Cc1ccc(NC2=N[C@H]3CS(=O)(=O)C[C@H]3S2)cc1)N1CCc2ccccc2C1. The first-order chi connectivity index (χ1) is 14.4. The lowest BCUT2D eigenvalue weighted by molar-refractivity contribution is -0.131. The molecule has 5 rings (SSSR count). The number of amidine groups is 1. The Morgan fingerprint density at radius 1 is 1.10 bits per heavy atom. The highest BCUT2D eigenvalue weighted by Gasteiger charge is 2.42. The summed E-state index contributed by atoms with van der Waals surface area (Å²) in [7, 11) is -2.94. The molecule has 0 aliphatic carbocycles. The van der Waals surface area contributed by atoms with Gasteiger partial charge in [0.15, 0.2) is 15.0 Å². The Hall–Kier alpha value is -2.32. The molecule has 2 aromatic carbocycles. The largest absolute Gasteiger partial charge is 0.338 e. The van der Waals surface area contributed by atoms with E-state index in [4.69, 9.17) is 0 Å². The highest BCUT2D eigenvalue weighted by Crippen LogP contribution is 2.34. The van der Waals surface area contributed by atoms with E-state index in [1.165, 1.54) is 22.9 Å². The number of hydrogen-bond donors (Lipinski definition) is 1. The van der Waals surface area contributed by atoms with E-state index in [9.17, 15) is 13.2 Å². The predicted octanol–water partition coefficient (Wildman–Crippen LogP) is 2.49. The summed E-state index contributed by atoms with van der Waals surface area (Å²) < 4.78 is 23.4. The second-order valence-electron chi connectivity index (χ2n) is 8.07. The molecule has 0 bridgehead atoms. The molecule has 2 atom stereocenters. The lowest BCUT2D eigenvalue weighted by atomic mass is 9.99. The van der Waals surface area contributed by atoms with Crippen molar-refractivity contribution in [3.8, 4) is 0 Å². The van der Waals surface area contributed by atoms with E-state index >= 15 is 0 Å². The number of carbonyl (C=O) groups is 1. The van der Waals surface area contributed by atoms with Crippen LogP contribution in [0.15, 0.2) is 53.5 Å². The fourth-order valence-electron chi connectivity index (χ4n) is 4.24. The molecule has 3 aliphatic rings. The summed E-state index contributed by atoms with van der Waals surface area (Å²) in [5.74, 6) is 0.506. The molecule has 0 spiro atoms. The maximum absolute atomic E-state index is 12.7. The normalized spacial score (nSPS) is 24.1. The van der Waals surface area contributed by atoms with E-state index in [1.807, 2.05) is 35.2 Å². The first-order valence-electron chi connectivity index (χ1n) is 10.1. The van der Waals surface area contributed by atoms with Crippen molar-refractivity contribution in [2.75, 3.05) is 23.4 Å². The molecule has 8 heteroatoms. The van der Waals surface area contributed by atoms with Crippen LogP contribution in [0.3, 0.4) is 0 Å². The van der Waals surface area contributed by atoms with Gasteiger partial charge in [0.25, 0.3) is 0 Å². The number of anilines is 1. The van der Waals surface area contributed by atoms with Gasteiger partial charge in [-0.05, 0) is 35.2 Å². The number of thioether (sulfide) groups is 1. The Morgan fingerprint density at radius 2 is 1.87 bits per heavy atom. The fraction of sp³-hybridized carbons (Fsp3) is 0.364. The smallest absolute Gasteiger partial charge is 0.227 e. The van der Waals surface area contributed by atoms with Crippen LogP contribution in [0.1, 0.15) is 16.7 Å². The molecule has 30 heavy (non-hydrogen) atoms. The molecular formula is C22H23N3O3S2. The average Bonchev–Trinajstić information content (AvgIpc) is 3.21. The van der Waals surface area contributed by atoms with Crippen LogP contribution in [0.5, 0.6) is 0 Å². The molecule has 3 aliphatic heterocycles. The van der Waals surface area contributed by atoms with E-state index in [2.05, 4.69) is 28.5 Å². The molecule has 3 heterocycles. The topological polar surface area (TPSA) is 78.8 Å². The molecule has 2 aromatic rings. The van der Waals surface area contributed by atoms with Gasteiger partial charge in [-0.1, -0.05) is 48.2 Å². The molecule has 156 valence electrons. The number of amides is 1. The number of carbonyl (C=O) groups excluding carboxylic acids is 1. The van der Waals surface area contributed by atoms with Gasteiger partial charge >= 0.3 is 0 Å². The monoisotopic (exact) mass is 441 g/mol. The Morgan fingerprint density at radius 3 is 2.63 bits per heavy atom. The van der Waals surface area contributed by atoms with Crippen LogP contribution in [0.2, 0.25) is 0 Å². The number of sulfone groups is 1. The Kier molecular flexibility index (Phi) is 5.06. The summed E-state index contributed by atoms with van der Waals surface area (Å²) in [6, 6.07) is 16.0. The number of rotatable bonds is 3. The number of nitrogens with one attached hydrogen (secondary N) is 1. The quantitative estimate of drug-likeness (QED) is 0.792. The van der Waals surface area contributed by atoms with Gasteiger partial charge in [-0.25, -0.2) is 8.42 Å². The van der Waals surface area contributed by atoms with Gasteiger partial charge in [-0.3, -0.25) is 9.79 Å². The summed E-state index contributed by atoms with van der Waals surface area (Å²) in [5.41, 5.74) is 4.45. The molecule has 1 amide bonds. The average molecular weight is 442 g/mol. The van der Waals surface area contributed by atoms with Crippen molar-refractivity contribution in [1.29, 1.82) is 0 Å². The standard InChI is InChI=1S/C22H23N3O3S2/c26-21(25-10-9-16-3-1-2-4-17(16)12-25)11-15-5-7-18(8-6-15)23-22-24-19-13-30(27,28)14-20(19)29-22/h1-8,19-20H,9-14H2,(H,23,24)/t19-,20+/m0/s1. The van der Waals surface area contributed by atoms with Crippen molar-refractivity contribution in [1.82, 2.24) is 4.90 Å². The van der Waals surface area contributed by atoms with E-state index in [0.717, 1.165) is 29.4 Å². The maximum Gasteiger partial charge on any atom is 0.227 e. The highest BCUT2D eigenvalue weighted by molar-refractivity contribution is 8.15. The lowest BCUT2D eigenvalue weighted by Gasteiger charge is -2.29. The van der Waals surface area contributed by atoms with Crippen LogP contribution in [0.25, 0.3) is 0 Å². The number of fused-ring (bicyclic) bond motifs is 2. The van der Waals surface area contributed by atoms with Crippen molar-refractivity contribution in [2.24, 2.45) is 4.99 Å². The number of nitrogens with zero attached hydrogens (tertiary/aromatic N) is 2. The van der Waals surface area contributed by atoms with Crippen molar-refractivity contribution in [2.45, 2.75) is 30.7 Å². The summed E-state index contributed by atoms with van der Waals surface area (Å²) in [6.45, 7) is 1.45. The van der Waals surface area contributed by atoms with Crippen molar-refractivity contribution >= 4 is 38.4 Å². The first kappa shape index (κ1) is 19.6. The Balaban J connectivity index is 1.18. The minimum atomic E-state index is -2.94. The molecule has 1 N–H and O–H groups in total. The zero-order valence-corrected chi connectivity index (χ0v) is 18.1. The van der Waals surface area contributed by atoms with Crippen LogP contribution < -0.4 is 5.32 Å². The third kappa shape index (κ3) is 4.11. The van der Waals surface area contributed by atoms with Crippen LogP contribution >= 0.6 is 11.8 Å². The molecule has 0 radical (unpaired) electrons. The molecule has 1 fully saturated rings. The van der Waals surface area contributed by atoms with Crippen molar-refractivity contribution < 1.29 is 13.2 Å². The fourth-order valence-corrected chi connectivity index (χ4v) is 7.92. The van der Waals surface area contributed by atoms with Crippen LogP contribution in [0, 0.1) is 0 Å². The van der Waals surface area contributed by atoms with Crippen molar-refractivity contribution in [3.63, 3.8) is 0 Å². The second kappa shape index (κ2) is 7.74. The molecule has 0 saturated carbocycles. The molecule has 6 nitrogen and oxygen atoms in total. The van der Waals surface area contributed by atoms with E-state index in [1.54, 1.807) is 0 Å². The summed E-state index contributed by atoms with van der Waals surface area (Å²) >= 11 is 1.51. The Labute approximate surface area is 180 Å². The van der Waals surface area contributed by atoms with E-state index in [-0.39, 0.29) is 28.7 Å². The van der Waals surface area contributed by atoms with Gasteiger partial charge < -0.3 is 10.2 Å². The zero-order chi connectivity index (χ0) is 20.7. The minimum Gasteiger partial charge on any atom is -0.338 e. The van der Waals surface area contributed by atoms with Crippen LogP contribution in [-0.2, 0) is 34.0 Å². The third-order valence-corrected chi connectivity index (χ3v) is 9.00. The van der Waals surface area contributed by atoms with E-state index in [0.29, 0.717) is 13.0 Å². The summed E-state index contributed by atoms with van der Waals surface area (Å²) in [5, 5.41) is 4.08. The van der Waals surface area contributed by atoms with Gasteiger partial charge in [0.05, 0.1) is 24.0 Å². The third-order valence-electron chi connectivity index (χ3n) is 5.86. The predicted molar refractivity (Wildman–Crippen MR) is 121 cm³/mol. The summed E-state index contributed by atoms with van der Waals surface area (Å²) in [4.78, 5) is 19.2. The molecular weight excluding hydrogens is 418 g/mol. The molecule has 0 aromatic heterocycles. The number of aliphatic imine (C=N–C) groups is 1. The van der Waals surface area contributed by atoms with E-state index < -0.39 is 9.84 Å². The van der Waals surface area contributed by atoms with Gasteiger partial charge in [-0.15, -0.1) is 0 Å². The number of benzene rings is 2. The second-order valence-corrected chi connectivity index (χ2v) is 11.4. The Bertz CT molecular complexity index is 1110.